The lowest BCUT2D eigenvalue weighted by Gasteiger charge is -2.45. The molecule has 0 bridgehead atoms. The Hall–Kier alpha value is -3.93. The number of fused-ring (bicyclic) bond motifs is 2. The second kappa shape index (κ2) is 11.7. The molecule has 8 nitrogen and oxygen atoms in total. The zero-order valence-corrected chi connectivity index (χ0v) is 24.8. The normalized spacial score (nSPS) is 26.0. The number of nitriles is 1. The number of benzene rings is 2. The summed E-state index contributed by atoms with van der Waals surface area (Å²) in [6.07, 6.45) is 7.17. The van der Waals surface area contributed by atoms with Gasteiger partial charge in [0.05, 0.1) is 11.6 Å². The minimum atomic E-state index is -0.494. The van der Waals surface area contributed by atoms with Gasteiger partial charge in [-0.3, -0.25) is 9.79 Å². The number of likely N-dealkylation sites (tertiary alicyclic amines) is 1. The van der Waals surface area contributed by atoms with Crippen LogP contribution in [0.4, 0.5) is 0 Å². The Morgan fingerprint density at radius 1 is 1.21 bits per heavy atom. The van der Waals surface area contributed by atoms with E-state index in [1.54, 1.807) is 4.90 Å². The Labute approximate surface area is 251 Å². The van der Waals surface area contributed by atoms with Gasteiger partial charge >= 0.3 is 0 Å². The molecule has 0 aromatic heterocycles. The average molecular weight is 583 g/mol. The van der Waals surface area contributed by atoms with Crippen molar-refractivity contribution in [3.05, 3.63) is 83.1 Å². The Bertz CT molecular complexity index is 1580. The van der Waals surface area contributed by atoms with Gasteiger partial charge in [-0.05, 0) is 57.0 Å². The second-order valence-corrected chi connectivity index (χ2v) is 11.8. The van der Waals surface area contributed by atoms with Crippen molar-refractivity contribution in [1.82, 2.24) is 14.7 Å². The van der Waals surface area contributed by atoms with E-state index in [0.717, 1.165) is 47.1 Å². The van der Waals surface area contributed by atoms with Crippen molar-refractivity contribution in [2.75, 3.05) is 39.8 Å². The quantitative estimate of drug-likeness (QED) is 0.472. The number of nitrogens with zero attached hydrogens (tertiary/aromatic N) is 6. The van der Waals surface area contributed by atoms with Crippen LogP contribution in [-0.4, -0.2) is 90.3 Å². The molecule has 0 spiro atoms. The molecular weight excluding hydrogens is 548 g/mol. The zero-order valence-electron chi connectivity index (χ0n) is 24.0. The van der Waals surface area contributed by atoms with Crippen molar-refractivity contribution in [1.29, 1.82) is 5.26 Å². The monoisotopic (exact) mass is 582 g/mol. The third-order valence-electron chi connectivity index (χ3n) is 8.84. The minimum Gasteiger partial charge on any atom is -0.475 e. The van der Waals surface area contributed by atoms with Crippen LogP contribution in [-0.2, 0) is 9.53 Å². The maximum absolute atomic E-state index is 12.4. The summed E-state index contributed by atoms with van der Waals surface area (Å²) >= 11 is 6.67. The number of likely N-dealkylation sites (N-methyl/N-ethyl adjacent to an activating group) is 1. The van der Waals surface area contributed by atoms with Gasteiger partial charge in [0.2, 0.25) is 11.8 Å². The molecule has 0 radical (unpaired) electrons. The fourth-order valence-electron chi connectivity index (χ4n) is 6.59. The number of amides is 1. The molecule has 2 saturated heterocycles. The van der Waals surface area contributed by atoms with E-state index < -0.39 is 6.17 Å². The molecule has 9 heteroatoms. The van der Waals surface area contributed by atoms with Crippen molar-refractivity contribution in [3.63, 3.8) is 0 Å². The van der Waals surface area contributed by atoms with Crippen LogP contribution in [0.25, 0.3) is 10.8 Å². The highest BCUT2D eigenvalue weighted by Crippen LogP contribution is 2.38. The lowest BCUT2D eigenvalue weighted by Crippen LogP contribution is -2.55. The summed E-state index contributed by atoms with van der Waals surface area (Å²) in [4.78, 5) is 28.8. The Balaban J connectivity index is 1.39. The molecule has 0 aliphatic carbocycles. The molecule has 4 aliphatic rings. The molecule has 2 unspecified atom stereocenters. The van der Waals surface area contributed by atoms with Gasteiger partial charge < -0.3 is 19.4 Å². The van der Waals surface area contributed by atoms with Gasteiger partial charge in [-0.1, -0.05) is 54.6 Å². The molecule has 0 N–H and O–H groups in total. The second-order valence-electron chi connectivity index (χ2n) is 11.4. The van der Waals surface area contributed by atoms with Crippen LogP contribution < -0.4 is 0 Å². The third-order valence-corrected chi connectivity index (χ3v) is 9.15. The predicted octanol–water partition coefficient (Wildman–Crippen LogP) is 4.81. The van der Waals surface area contributed by atoms with Crippen LogP contribution in [0.5, 0.6) is 0 Å². The third kappa shape index (κ3) is 5.12. The Kier molecular flexibility index (Phi) is 7.89. The van der Waals surface area contributed by atoms with Crippen LogP contribution >= 0.6 is 11.6 Å². The van der Waals surface area contributed by atoms with E-state index in [1.165, 1.54) is 6.08 Å². The number of ether oxygens (including phenoxy) is 1. The Morgan fingerprint density at radius 2 is 2.02 bits per heavy atom. The summed E-state index contributed by atoms with van der Waals surface area (Å²) in [6, 6.07) is 14.7. The molecule has 4 aliphatic heterocycles. The van der Waals surface area contributed by atoms with E-state index in [9.17, 15) is 10.1 Å². The highest BCUT2D eigenvalue weighted by Gasteiger charge is 2.41. The number of rotatable bonds is 5. The molecule has 6 rings (SSSR count). The standard InChI is InChI=1S/C33H35ClN6O2/c1-4-29(41)39-16-17-40(21(2)19-39)31-25-13-14-28(24-11-5-8-22-9-6-12-27(34)30(22)24)36-32(25)37-33(26(31)18-35)42-20-23-10-7-15-38(23)3/h4-6,8-9,11-14,21,23,25,32H,1,7,10,15-17,19-20H2,2-3H3/t21-,23-,25?,32?/m0/s1. The predicted molar refractivity (Wildman–Crippen MR) is 167 cm³/mol. The van der Waals surface area contributed by atoms with Crippen molar-refractivity contribution >= 4 is 39.9 Å². The number of halogens is 1. The van der Waals surface area contributed by atoms with E-state index in [4.69, 9.17) is 26.3 Å². The number of piperazine rings is 1. The fourth-order valence-corrected chi connectivity index (χ4v) is 6.87. The van der Waals surface area contributed by atoms with E-state index in [-0.39, 0.29) is 23.9 Å². The van der Waals surface area contributed by atoms with Crippen LogP contribution in [0.2, 0.25) is 5.02 Å². The Morgan fingerprint density at radius 3 is 2.74 bits per heavy atom. The molecular formula is C33H35ClN6O2. The number of aliphatic imine (C=N–C) groups is 2. The average Bonchev–Trinajstić information content (AvgIpc) is 3.42. The molecule has 2 fully saturated rings. The van der Waals surface area contributed by atoms with E-state index >= 15 is 0 Å². The summed E-state index contributed by atoms with van der Waals surface area (Å²) in [7, 11) is 2.11. The van der Waals surface area contributed by atoms with Gasteiger partial charge in [-0.2, -0.15) is 5.26 Å². The van der Waals surface area contributed by atoms with Gasteiger partial charge in [-0.15, -0.1) is 0 Å². The maximum Gasteiger partial charge on any atom is 0.246 e. The van der Waals surface area contributed by atoms with Gasteiger partial charge in [0.1, 0.15) is 18.2 Å². The fraction of sp³-hybridized carbons (Fsp3) is 0.394. The first kappa shape index (κ1) is 28.2. The topological polar surface area (TPSA) is 84.5 Å². The van der Waals surface area contributed by atoms with Crippen LogP contribution in [0.15, 0.2) is 82.5 Å². The number of dihydropyridines is 2. The van der Waals surface area contributed by atoms with Crippen LogP contribution in [0.1, 0.15) is 25.3 Å². The smallest absolute Gasteiger partial charge is 0.246 e. The van der Waals surface area contributed by atoms with Crippen LogP contribution in [0.3, 0.4) is 0 Å². The number of allylic oxidation sites excluding steroid dienone is 1. The van der Waals surface area contributed by atoms with Gasteiger partial charge in [0.15, 0.2) is 6.17 Å². The molecule has 1 amide bonds. The summed E-state index contributed by atoms with van der Waals surface area (Å²) in [5.74, 6) is 0.0315. The largest absolute Gasteiger partial charge is 0.475 e. The van der Waals surface area contributed by atoms with Crippen molar-refractivity contribution in [3.8, 4) is 6.07 Å². The van der Waals surface area contributed by atoms with Gasteiger partial charge in [0.25, 0.3) is 0 Å². The van der Waals surface area contributed by atoms with Gasteiger partial charge in [-0.25, -0.2) is 4.99 Å². The highest BCUT2D eigenvalue weighted by atomic mass is 35.5. The van der Waals surface area contributed by atoms with Gasteiger partial charge in [0, 0.05) is 53.4 Å². The molecule has 4 heterocycles. The van der Waals surface area contributed by atoms with Crippen LogP contribution in [0, 0.1) is 17.2 Å². The lowest BCUT2D eigenvalue weighted by atomic mass is 9.88. The maximum atomic E-state index is 12.4. The summed E-state index contributed by atoms with van der Waals surface area (Å²) in [5, 5.41) is 13.2. The molecule has 216 valence electrons. The van der Waals surface area contributed by atoms with E-state index in [1.807, 2.05) is 42.5 Å². The molecule has 4 atom stereocenters. The number of carbonyl (C=O) groups excluding carboxylic acids is 1. The highest BCUT2D eigenvalue weighted by molar-refractivity contribution is 6.37. The van der Waals surface area contributed by atoms with Crippen molar-refractivity contribution < 1.29 is 9.53 Å². The molecule has 2 aromatic rings. The SMILES string of the molecule is C=CC(=O)N1CCN(C2=C(C#N)C(OC[C@@H]3CCCN3C)=NC3N=C(c4cccc5cccc(Cl)c45)C=CC23)[C@@H](C)C1. The molecule has 0 saturated carbocycles. The minimum absolute atomic E-state index is 0.0161. The number of hydrogen-bond acceptors (Lipinski definition) is 7. The first-order chi connectivity index (χ1) is 20.4. The zero-order chi connectivity index (χ0) is 29.4. The van der Waals surface area contributed by atoms with E-state index in [0.29, 0.717) is 42.7 Å². The summed E-state index contributed by atoms with van der Waals surface area (Å²) < 4.78 is 6.36. The summed E-state index contributed by atoms with van der Waals surface area (Å²) in [6.45, 7) is 8.91. The number of hydrogen-bond donors (Lipinski definition) is 0. The summed E-state index contributed by atoms with van der Waals surface area (Å²) in [5.41, 5.74) is 3.05. The lowest BCUT2D eigenvalue weighted by molar-refractivity contribution is -0.128. The number of carbonyl (C=O) groups is 1. The first-order valence-corrected chi connectivity index (χ1v) is 14.9. The van der Waals surface area contributed by atoms with E-state index in [2.05, 4.69) is 42.5 Å². The molecule has 42 heavy (non-hydrogen) atoms. The molecule has 2 aromatic carbocycles. The van der Waals surface area contributed by atoms with Crippen molar-refractivity contribution in [2.24, 2.45) is 15.9 Å². The van der Waals surface area contributed by atoms with Crippen molar-refractivity contribution in [2.45, 2.75) is 38.0 Å². The first-order valence-electron chi connectivity index (χ1n) is 14.6.